The number of furan rings is 1. The molecule has 0 aliphatic heterocycles. The third-order valence-electron chi connectivity index (χ3n) is 3.58. The number of hydrogen-bond acceptors (Lipinski definition) is 6. The number of hydrogen-bond donors (Lipinski definition) is 1. The Hall–Kier alpha value is -3.07. The number of benzene rings is 1. The lowest BCUT2D eigenvalue weighted by Crippen LogP contribution is -2.12. The second-order valence-corrected chi connectivity index (χ2v) is 7.29. The van der Waals surface area contributed by atoms with Crippen LogP contribution >= 0.6 is 0 Å². The van der Waals surface area contributed by atoms with E-state index in [0.29, 0.717) is 11.4 Å². The Kier molecular flexibility index (Phi) is 4.81. The van der Waals surface area contributed by atoms with Crippen LogP contribution in [0.4, 0.5) is 5.69 Å². The average Bonchev–Trinajstić information content (AvgIpc) is 3.24. The van der Waals surface area contributed by atoms with E-state index in [9.17, 15) is 13.2 Å². The molecule has 2 aromatic heterocycles. The number of nitrogens with one attached hydrogen (secondary N) is 1. The molecule has 26 heavy (non-hydrogen) atoms. The molecule has 9 heteroatoms. The maximum atomic E-state index is 12.4. The molecule has 1 N–H and O–H groups in total. The monoisotopic (exact) mass is 375 g/mol. The van der Waals surface area contributed by atoms with Crippen LogP contribution in [0.25, 0.3) is 0 Å². The summed E-state index contributed by atoms with van der Waals surface area (Å²) in [5.74, 6) is 0.0136. The Balaban J connectivity index is 1.70. The van der Waals surface area contributed by atoms with Crippen molar-refractivity contribution in [1.82, 2.24) is 9.78 Å². The first-order valence-corrected chi connectivity index (χ1v) is 9.15. The molecule has 136 valence electrons. The van der Waals surface area contributed by atoms with Crippen LogP contribution < -0.4 is 4.72 Å². The van der Waals surface area contributed by atoms with Gasteiger partial charge in [-0.2, -0.15) is 5.10 Å². The summed E-state index contributed by atoms with van der Waals surface area (Å²) in [4.78, 5) is 11.6. The first kappa shape index (κ1) is 17.7. The maximum absolute atomic E-state index is 12.4. The molecule has 0 saturated heterocycles. The van der Waals surface area contributed by atoms with Crippen molar-refractivity contribution in [3.8, 4) is 0 Å². The topological polar surface area (TPSA) is 103 Å². The SMILES string of the molecule is COC(=O)c1ccc(Cn2cc(NS(=O)(=O)c3ccc(C)cc3)cn2)o1. The molecular weight excluding hydrogens is 358 g/mol. The number of carbonyl (C=O) groups is 1. The van der Waals surface area contributed by atoms with Crippen molar-refractivity contribution < 1.29 is 22.4 Å². The summed E-state index contributed by atoms with van der Waals surface area (Å²) in [5.41, 5.74) is 1.30. The fraction of sp³-hybridized carbons (Fsp3) is 0.176. The highest BCUT2D eigenvalue weighted by Crippen LogP contribution is 2.17. The van der Waals surface area contributed by atoms with Crippen molar-refractivity contribution in [1.29, 1.82) is 0 Å². The first-order chi connectivity index (χ1) is 12.4. The molecule has 0 saturated carbocycles. The van der Waals surface area contributed by atoms with Gasteiger partial charge in [-0.25, -0.2) is 13.2 Å². The summed E-state index contributed by atoms with van der Waals surface area (Å²) in [6, 6.07) is 9.68. The Morgan fingerprint density at radius 1 is 1.23 bits per heavy atom. The Labute approximate surface area is 150 Å². The van der Waals surface area contributed by atoms with Gasteiger partial charge in [0.15, 0.2) is 0 Å². The molecule has 0 bridgehead atoms. The Morgan fingerprint density at radius 3 is 2.65 bits per heavy atom. The number of ether oxygens (including phenoxy) is 1. The summed E-state index contributed by atoms with van der Waals surface area (Å²) in [6.45, 7) is 2.12. The molecule has 0 aliphatic rings. The minimum Gasteiger partial charge on any atom is -0.463 e. The largest absolute Gasteiger partial charge is 0.463 e. The molecule has 2 heterocycles. The van der Waals surface area contributed by atoms with Gasteiger partial charge >= 0.3 is 5.97 Å². The average molecular weight is 375 g/mol. The fourth-order valence-corrected chi connectivity index (χ4v) is 3.30. The van der Waals surface area contributed by atoms with E-state index in [0.717, 1.165) is 5.56 Å². The molecule has 3 rings (SSSR count). The maximum Gasteiger partial charge on any atom is 0.373 e. The number of aryl methyl sites for hydroxylation is 1. The predicted molar refractivity (Wildman–Crippen MR) is 93.4 cm³/mol. The van der Waals surface area contributed by atoms with Crippen molar-refractivity contribution in [2.24, 2.45) is 0 Å². The third kappa shape index (κ3) is 3.94. The standard InChI is InChI=1S/C17H17N3O5S/c1-12-3-6-15(7-4-12)26(22,23)19-13-9-18-20(10-13)11-14-5-8-16(25-14)17(21)24-2/h3-10,19H,11H2,1-2H3. The van der Waals surface area contributed by atoms with Gasteiger partial charge in [0.05, 0.1) is 30.4 Å². The number of nitrogens with zero attached hydrogens (tertiary/aromatic N) is 2. The highest BCUT2D eigenvalue weighted by Gasteiger charge is 2.16. The Morgan fingerprint density at radius 2 is 1.96 bits per heavy atom. The van der Waals surface area contributed by atoms with E-state index in [-0.39, 0.29) is 17.2 Å². The van der Waals surface area contributed by atoms with Crippen LogP contribution in [0, 0.1) is 6.92 Å². The number of rotatable bonds is 6. The normalized spacial score (nSPS) is 11.3. The zero-order valence-corrected chi connectivity index (χ0v) is 15.0. The van der Waals surface area contributed by atoms with Crippen LogP contribution in [0.1, 0.15) is 21.9 Å². The molecule has 1 aromatic carbocycles. The van der Waals surface area contributed by atoms with Gasteiger partial charge in [-0.05, 0) is 31.2 Å². The predicted octanol–water partition coefficient (Wildman–Crippen LogP) is 2.42. The second-order valence-electron chi connectivity index (χ2n) is 5.60. The lowest BCUT2D eigenvalue weighted by Gasteiger charge is -2.06. The van der Waals surface area contributed by atoms with Crippen molar-refractivity contribution in [3.05, 3.63) is 65.9 Å². The minimum absolute atomic E-state index is 0.0925. The van der Waals surface area contributed by atoms with E-state index in [2.05, 4.69) is 14.6 Å². The van der Waals surface area contributed by atoms with Crippen LogP contribution in [0.5, 0.6) is 0 Å². The van der Waals surface area contributed by atoms with Gasteiger partial charge < -0.3 is 9.15 Å². The zero-order valence-electron chi connectivity index (χ0n) is 14.2. The van der Waals surface area contributed by atoms with Crippen molar-refractivity contribution in [3.63, 3.8) is 0 Å². The summed E-state index contributed by atoms with van der Waals surface area (Å²) in [7, 11) is -2.42. The molecule has 0 radical (unpaired) electrons. The van der Waals surface area contributed by atoms with E-state index in [4.69, 9.17) is 4.42 Å². The highest BCUT2D eigenvalue weighted by atomic mass is 32.2. The number of carbonyl (C=O) groups excluding carboxylic acids is 1. The molecule has 0 aliphatic carbocycles. The first-order valence-electron chi connectivity index (χ1n) is 7.66. The van der Waals surface area contributed by atoms with E-state index in [1.807, 2.05) is 6.92 Å². The molecule has 0 spiro atoms. The summed E-state index contributed by atoms with van der Waals surface area (Å²) >= 11 is 0. The van der Waals surface area contributed by atoms with Crippen LogP contribution in [-0.4, -0.2) is 31.3 Å². The van der Waals surface area contributed by atoms with Crippen molar-refractivity contribution >= 4 is 21.7 Å². The number of esters is 1. The number of aromatic nitrogens is 2. The van der Waals surface area contributed by atoms with Crippen LogP contribution in [0.15, 0.2) is 58.1 Å². The number of sulfonamides is 1. The van der Waals surface area contributed by atoms with E-state index in [1.54, 1.807) is 30.3 Å². The molecule has 0 unspecified atom stereocenters. The van der Waals surface area contributed by atoms with Crippen molar-refractivity contribution in [2.45, 2.75) is 18.4 Å². The lowest BCUT2D eigenvalue weighted by atomic mass is 10.2. The van der Waals surface area contributed by atoms with Crippen LogP contribution in [-0.2, 0) is 21.3 Å². The van der Waals surface area contributed by atoms with Crippen LogP contribution in [0.3, 0.4) is 0 Å². The molecular formula is C17H17N3O5S. The van der Waals surface area contributed by atoms with Crippen LogP contribution in [0.2, 0.25) is 0 Å². The molecule has 0 amide bonds. The summed E-state index contributed by atoms with van der Waals surface area (Å²) in [5, 5.41) is 4.09. The van der Waals surface area contributed by atoms with Gasteiger partial charge in [0, 0.05) is 6.20 Å². The van der Waals surface area contributed by atoms with Gasteiger partial charge in [0.2, 0.25) is 5.76 Å². The van der Waals surface area contributed by atoms with E-state index < -0.39 is 16.0 Å². The molecule has 0 atom stereocenters. The zero-order chi connectivity index (χ0) is 18.7. The molecule has 3 aromatic rings. The highest BCUT2D eigenvalue weighted by molar-refractivity contribution is 7.92. The van der Waals surface area contributed by atoms with Gasteiger partial charge in [0.25, 0.3) is 10.0 Å². The lowest BCUT2D eigenvalue weighted by molar-refractivity contribution is 0.0562. The van der Waals surface area contributed by atoms with Gasteiger partial charge in [-0.15, -0.1) is 0 Å². The fourth-order valence-electron chi connectivity index (χ4n) is 2.27. The second kappa shape index (κ2) is 7.04. The van der Waals surface area contributed by atoms with Gasteiger partial charge in [-0.1, -0.05) is 17.7 Å². The summed E-state index contributed by atoms with van der Waals surface area (Å²) in [6.07, 6.45) is 2.93. The third-order valence-corrected chi connectivity index (χ3v) is 4.98. The quantitative estimate of drug-likeness (QED) is 0.664. The van der Waals surface area contributed by atoms with Gasteiger partial charge in [0.1, 0.15) is 5.76 Å². The number of methoxy groups -OCH3 is 1. The van der Waals surface area contributed by atoms with Gasteiger partial charge in [-0.3, -0.25) is 9.40 Å². The Bertz CT molecular complexity index is 1020. The summed E-state index contributed by atoms with van der Waals surface area (Å²) < 4.78 is 38.7. The molecule has 0 fully saturated rings. The van der Waals surface area contributed by atoms with E-state index >= 15 is 0 Å². The molecule has 8 nitrogen and oxygen atoms in total. The minimum atomic E-state index is -3.69. The van der Waals surface area contributed by atoms with Crippen molar-refractivity contribution in [2.75, 3.05) is 11.8 Å². The smallest absolute Gasteiger partial charge is 0.373 e. The van der Waals surface area contributed by atoms with E-state index in [1.165, 1.54) is 30.3 Å². The number of anilines is 1.